The molecule has 0 aliphatic carbocycles. The Kier molecular flexibility index (Phi) is 6.16. The fourth-order valence-corrected chi connectivity index (χ4v) is 5.06. The van der Waals surface area contributed by atoms with Crippen LogP contribution in [0.3, 0.4) is 0 Å². The van der Waals surface area contributed by atoms with E-state index in [4.69, 9.17) is 9.16 Å². The highest BCUT2D eigenvalue weighted by Crippen LogP contribution is 2.42. The van der Waals surface area contributed by atoms with Crippen molar-refractivity contribution in [2.75, 3.05) is 13.2 Å². The van der Waals surface area contributed by atoms with Crippen LogP contribution in [0.4, 0.5) is 0 Å². The Hall–Kier alpha value is -0.433. The second-order valence-electron chi connectivity index (χ2n) is 8.72. The summed E-state index contributed by atoms with van der Waals surface area (Å²) in [5, 5.41) is 10.7. The average Bonchev–Trinajstić information content (AvgIpc) is 2.84. The minimum Gasteiger partial charge on any atom is -0.464 e. The number of aliphatic hydroxyl groups excluding tert-OH is 1. The summed E-state index contributed by atoms with van der Waals surface area (Å²) in [5.41, 5.74) is 0. The summed E-state index contributed by atoms with van der Waals surface area (Å²) in [5.74, 6) is -0.500. The van der Waals surface area contributed by atoms with Crippen molar-refractivity contribution in [3.05, 3.63) is 0 Å². The van der Waals surface area contributed by atoms with E-state index in [0.717, 1.165) is 25.8 Å². The second kappa shape index (κ2) is 7.44. The molecule has 0 aromatic heterocycles. The number of hydrogen-bond acceptors (Lipinski definition) is 5. The van der Waals surface area contributed by atoms with Gasteiger partial charge in [0.25, 0.3) is 0 Å². The minimum atomic E-state index is -1.88. The zero-order chi connectivity index (χ0) is 18.1. The lowest BCUT2D eigenvalue weighted by Crippen LogP contribution is -2.50. The zero-order valence-electron chi connectivity index (χ0n) is 16.2. The lowest BCUT2D eigenvalue weighted by atomic mass is 10.0. The Morgan fingerprint density at radius 1 is 1.33 bits per heavy atom. The maximum atomic E-state index is 12.0. The van der Waals surface area contributed by atoms with Crippen LogP contribution >= 0.6 is 0 Å². The number of nitrogens with zero attached hydrogens (tertiary/aromatic N) is 1. The van der Waals surface area contributed by atoms with E-state index < -0.39 is 20.4 Å². The van der Waals surface area contributed by atoms with Crippen molar-refractivity contribution in [2.45, 2.75) is 95.8 Å². The van der Waals surface area contributed by atoms with E-state index in [2.05, 4.69) is 38.8 Å². The third kappa shape index (κ3) is 4.03. The summed E-state index contributed by atoms with van der Waals surface area (Å²) in [6.45, 7) is 14.3. The predicted octanol–water partition coefficient (Wildman–Crippen LogP) is 2.93. The zero-order valence-corrected chi connectivity index (χ0v) is 17.2. The largest absolute Gasteiger partial charge is 0.464 e. The van der Waals surface area contributed by atoms with Crippen molar-refractivity contribution >= 4 is 14.3 Å². The van der Waals surface area contributed by atoms with Gasteiger partial charge in [-0.2, -0.15) is 0 Å². The molecule has 5 nitrogen and oxygen atoms in total. The van der Waals surface area contributed by atoms with E-state index in [1.807, 2.05) is 0 Å². The van der Waals surface area contributed by atoms with Crippen LogP contribution in [0, 0.1) is 0 Å². The first-order valence-electron chi connectivity index (χ1n) is 9.36. The summed E-state index contributed by atoms with van der Waals surface area (Å²) in [6, 6.07) is 0.145. The van der Waals surface area contributed by atoms with Crippen LogP contribution in [0.5, 0.6) is 0 Å². The van der Waals surface area contributed by atoms with Gasteiger partial charge in [-0.3, -0.25) is 4.90 Å². The Morgan fingerprint density at radius 2 is 2.00 bits per heavy atom. The van der Waals surface area contributed by atoms with Gasteiger partial charge in [0, 0.05) is 12.1 Å². The fraction of sp³-hybridized carbons (Fsp3) is 0.944. The Morgan fingerprint density at radius 3 is 2.58 bits per heavy atom. The maximum absolute atomic E-state index is 12.0. The number of carbonyl (C=O) groups is 1. The molecule has 2 aliphatic heterocycles. The topological polar surface area (TPSA) is 59.0 Å². The smallest absolute Gasteiger partial charge is 0.336 e. The molecule has 0 aromatic carbocycles. The first-order chi connectivity index (χ1) is 11.1. The molecule has 0 radical (unpaired) electrons. The van der Waals surface area contributed by atoms with Gasteiger partial charge >= 0.3 is 5.97 Å². The average molecular weight is 358 g/mol. The fourth-order valence-electron chi connectivity index (χ4n) is 3.70. The maximum Gasteiger partial charge on any atom is 0.336 e. The lowest BCUT2D eigenvalue weighted by molar-refractivity contribution is -0.156. The molecule has 0 saturated carbocycles. The van der Waals surface area contributed by atoms with Crippen molar-refractivity contribution in [1.82, 2.24) is 4.90 Å². The van der Waals surface area contributed by atoms with E-state index in [-0.39, 0.29) is 17.2 Å². The van der Waals surface area contributed by atoms with Gasteiger partial charge in [0.2, 0.25) is 0 Å². The lowest BCUT2D eigenvalue weighted by Gasteiger charge is -2.41. The van der Waals surface area contributed by atoms with Crippen molar-refractivity contribution < 1.29 is 19.1 Å². The van der Waals surface area contributed by atoms with Crippen molar-refractivity contribution in [3.8, 4) is 0 Å². The predicted molar refractivity (Wildman–Crippen MR) is 97.5 cm³/mol. The summed E-state index contributed by atoms with van der Waals surface area (Å²) in [6.07, 6.45) is 3.16. The second-order valence-corrected chi connectivity index (χ2v) is 13.5. The number of aliphatic hydroxyl groups is 1. The van der Waals surface area contributed by atoms with Gasteiger partial charge in [0.05, 0.1) is 12.7 Å². The normalized spacial score (nSPS) is 30.0. The van der Waals surface area contributed by atoms with Gasteiger partial charge in [0.15, 0.2) is 14.4 Å². The van der Waals surface area contributed by atoms with Gasteiger partial charge in [-0.1, -0.05) is 27.2 Å². The van der Waals surface area contributed by atoms with E-state index in [0.29, 0.717) is 12.6 Å². The molecule has 0 bridgehead atoms. The standard InChI is InChI=1S/C18H35NO4Si/c1-7-22-17(21)16(20)14-12-15(13-10-8-9-11-19(13)14)23-24(5,6)18(2,3)4/h13-16,20H,7-12H2,1-6H3/t13-,14-,15-,16-/m0/s1. The molecule has 2 heterocycles. The van der Waals surface area contributed by atoms with Gasteiger partial charge in [-0.05, 0) is 50.9 Å². The molecule has 24 heavy (non-hydrogen) atoms. The molecule has 2 fully saturated rings. The highest BCUT2D eigenvalue weighted by atomic mass is 28.4. The molecule has 4 atom stereocenters. The Bertz CT molecular complexity index is 449. The van der Waals surface area contributed by atoms with Gasteiger partial charge in [-0.25, -0.2) is 4.79 Å². The van der Waals surface area contributed by atoms with Gasteiger partial charge in [0.1, 0.15) is 0 Å². The van der Waals surface area contributed by atoms with Crippen molar-refractivity contribution in [2.24, 2.45) is 0 Å². The van der Waals surface area contributed by atoms with Crippen LogP contribution in [0.25, 0.3) is 0 Å². The van der Waals surface area contributed by atoms with Crippen LogP contribution in [0.1, 0.15) is 53.4 Å². The van der Waals surface area contributed by atoms with E-state index in [1.54, 1.807) is 6.92 Å². The minimum absolute atomic E-state index is 0.111. The van der Waals surface area contributed by atoms with Gasteiger partial charge < -0.3 is 14.3 Å². The van der Waals surface area contributed by atoms with Crippen LogP contribution in [-0.4, -0.2) is 61.7 Å². The molecule has 0 unspecified atom stereocenters. The van der Waals surface area contributed by atoms with Crippen molar-refractivity contribution in [3.63, 3.8) is 0 Å². The third-order valence-corrected chi connectivity index (χ3v) is 10.6. The molecule has 2 saturated heterocycles. The van der Waals surface area contributed by atoms with E-state index >= 15 is 0 Å². The van der Waals surface area contributed by atoms with E-state index in [1.165, 1.54) is 6.42 Å². The monoisotopic (exact) mass is 357 g/mol. The van der Waals surface area contributed by atoms with Crippen LogP contribution < -0.4 is 0 Å². The first kappa shape index (κ1) is 19.9. The molecule has 0 amide bonds. The third-order valence-electron chi connectivity index (χ3n) is 6.07. The molecule has 140 valence electrons. The number of esters is 1. The van der Waals surface area contributed by atoms with Crippen LogP contribution in [0.2, 0.25) is 18.1 Å². The Labute approximate surface area is 147 Å². The molecule has 2 rings (SSSR count). The summed E-state index contributed by atoms with van der Waals surface area (Å²) in [4.78, 5) is 14.3. The number of hydrogen-bond donors (Lipinski definition) is 1. The molecule has 1 N–H and O–H groups in total. The number of piperidine rings is 1. The summed E-state index contributed by atoms with van der Waals surface area (Å²) in [7, 11) is -1.88. The van der Waals surface area contributed by atoms with Crippen molar-refractivity contribution in [1.29, 1.82) is 0 Å². The quantitative estimate of drug-likeness (QED) is 0.605. The number of fused-ring (bicyclic) bond motifs is 1. The summed E-state index contributed by atoms with van der Waals surface area (Å²) >= 11 is 0. The molecule has 6 heteroatoms. The van der Waals surface area contributed by atoms with Crippen LogP contribution in [-0.2, 0) is 14.0 Å². The highest BCUT2D eigenvalue weighted by Gasteiger charge is 2.50. The number of ether oxygens (including phenoxy) is 1. The molecule has 0 spiro atoms. The first-order valence-corrected chi connectivity index (χ1v) is 12.3. The number of carbonyl (C=O) groups excluding carboxylic acids is 1. The molecule has 2 aliphatic rings. The SMILES string of the molecule is CCOC(=O)[C@@H](O)[C@@H]1C[C@H](O[Si](C)(C)C(C)(C)C)[C@@H]2CCCCN21. The molecular weight excluding hydrogens is 322 g/mol. The summed E-state index contributed by atoms with van der Waals surface area (Å²) < 4.78 is 11.7. The van der Waals surface area contributed by atoms with E-state index in [9.17, 15) is 9.90 Å². The molecule has 0 aromatic rings. The Balaban J connectivity index is 2.15. The highest BCUT2D eigenvalue weighted by molar-refractivity contribution is 6.74. The molecular formula is C18H35NO4Si. The van der Waals surface area contributed by atoms with Gasteiger partial charge in [-0.15, -0.1) is 0 Å². The number of rotatable bonds is 5. The van der Waals surface area contributed by atoms with Crippen LogP contribution in [0.15, 0.2) is 0 Å².